The molecule has 24 heavy (non-hydrogen) atoms. The molecule has 3 aromatic rings. The average molecular weight is 384 g/mol. The lowest BCUT2D eigenvalue weighted by atomic mass is 10.3. The third-order valence-electron chi connectivity index (χ3n) is 2.93. The minimum atomic E-state index is -3.72. The summed E-state index contributed by atoms with van der Waals surface area (Å²) in [6.07, 6.45) is 1.45. The third kappa shape index (κ3) is 4.02. The Morgan fingerprint density at radius 3 is 2.54 bits per heavy atom. The Balaban J connectivity index is 1.73. The van der Waals surface area contributed by atoms with Crippen molar-refractivity contribution in [1.29, 1.82) is 0 Å². The fourth-order valence-corrected chi connectivity index (χ4v) is 4.38. The van der Waals surface area contributed by atoms with Gasteiger partial charge in [0.25, 0.3) is 10.0 Å². The standard InChI is InChI=1S/C15H11ClFN3O2S2/c16-13-5-7-15(23-13)24(21,22)20-14-6-4-12(9-18-14)19-11-3-1-2-10(17)8-11/h1-9,19H,(H,18,20). The Morgan fingerprint density at radius 1 is 1.08 bits per heavy atom. The van der Waals surface area contributed by atoms with Gasteiger partial charge in [0.05, 0.1) is 16.2 Å². The van der Waals surface area contributed by atoms with Crippen LogP contribution in [-0.4, -0.2) is 13.4 Å². The number of pyridine rings is 1. The molecule has 2 heterocycles. The molecule has 2 N–H and O–H groups in total. The zero-order chi connectivity index (χ0) is 17.2. The Hall–Kier alpha value is -2.16. The fraction of sp³-hybridized carbons (Fsp3) is 0. The quantitative estimate of drug-likeness (QED) is 0.681. The minimum Gasteiger partial charge on any atom is -0.354 e. The topological polar surface area (TPSA) is 71.1 Å². The summed E-state index contributed by atoms with van der Waals surface area (Å²) in [5.41, 5.74) is 1.17. The minimum absolute atomic E-state index is 0.108. The molecule has 2 aromatic heterocycles. The summed E-state index contributed by atoms with van der Waals surface area (Å²) >= 11 is 6.71. The van der Waals surface area contributed by atoms with Crippen molar-refractivity contribution < 1.29 is 12.8 Å². The van der Waals surface area contributed by atoms with Gasteiger partial charge in [0.15, 0.2) is 0 Å². The molecule has 124 valence electrons. The maximum Gasteiger partial charge on any atom is 0.272 e. The molecule has 0 unspecified atom stereocenters. The van der Waals surface area contributed by atoms with Gasteiger partial charge in [0.1, 0.15) is 15.8 Å². The van der Waals surface area contributed by atoms with Crippen LogP contribution in [0.1, 0.15) is 0 Å². The van der Waals surface area contributed by atoms with Crippen molar-refractivity contribution in [2.75, 3.05) is 10.0 Å². The van der Waals surface area contributed by atoms with Crippen LogP contribution in [0.2, 0.25) is 4.34 Å². The third-order valence-corrected chi connectivity index (χ3v) is 6.01. The van der Waals surface area contributed by atoms with Gasteiger partial charge in [-0.3, -0.25) is 4.72 Å². The van der Waals surface area contributed by atoms with Crippen LogP contribution >= 0.6 is 22.9 Å². The first-order chi connectivity index (χ1) is 11.4. The number of rotatable bonds is 5. The van der Waals surface area contributed by atoms with E-state index >= 15 is 0 Å². The van der Waals surface area contributed by atoms with Gasteiger partial charge in [0, 0.05) is 5.69 Å². The Labute approximate surface area is 147 Å². The molecular weight excluding hydrogens is 373 g/mol. The molecule has 0 aliphatic rings. The van der Waals surface area contributed by atoms with Crippen LogP contribution in [0, 0.1) is 5.82 Å². The summed E-state index contributed by atoms with van der Waals surface area (Å²) in [6.45, 7) is 0. The summed E-state index contributed by atoms with van der Waals surface area (Å²) in [5, 5.41) is 2.97. The molecule has 0 spiro atoms. The first kappa shape index (κ1) is 16.7. The zero-order valence-corrected chi connectivity index (χ0v) is 14.4. The van der Waals surface area contributed by atoms with Crippen LogP contribution in [0.25, 0.3) is 0 Å². The average Bonchev–Trinajstić information content (AvgIpc) is 2.97. The predicted octanol–water partition coefficient (Wildman–Crippen LogP) is 4.48. The number of halogens is 2. The van der Waals surface area contributed by atoms with E-state index in [0.717, 1.165) is 11.3 Å². The van der Waals surface area contributed by atoms with E-state index in [4.69, 9.17) is 11.6 Å². The van der Waals surface area contributed by atoms with E-state index in [2.05, 4.69) is 15.0 Å². The van der Waals surface area contributed by atoms with Gasteiger partial charge in [-0.2, -0.15) is 0 Å². The normalized spacial score (nSPS) is 11.2. The number of anilines is 3. The molecule has 0 fully saturated rings. The Morgan fingerprint density at radius 2 is 1.92 bits per heavy atom. The monoisotopic (exact) mass is 383 g/mol. The number of thiophene rings is 1. The maximum absolute atomic E-state index is 13.1. The van der Waals surface area contributed by atoms with Crippen LogP contribution in [0.4, 0.5) is 21.6 Å². The van der Waals surface area contributed by atoms with E-state index in [9.17, 15) is 12.8 Å². The van der Waals surface area contributed by atoms with Gasteiger partial charge in [-0.05, 0) is 42.5 Å². The number of hydrogen-bond donors (Lipinski definition) is 2. The molecule has 0 atom stereocenters. The van der Waals surface area contributed by atoms with E-state index in [1.54, 1.807) is 18.2 Å². The number of aromatic nitrogens is 1. The number of nitrogens with zero attached hydrogens (tertiary/aromatic N) is 1. The highest BCUT2D eigenvalue weighted by molar-refractivity contribution is 7.94. The van der Waals surface area contributed by atoms with Crippen molar-refractivity contribution in [3.63, 3.8) is 0 Å². The number of nitrogens with one attached hydrogen (secondary N) is 2. The Kier molecular flexibility index (Phi) is 4.70. The van der Waals surface area contributed by atoms with Crippen LogP contribution in [0.15, 0.2) is 58.9 Å². The molecule has 3 rings (SSSR count). The lowest BCUT2D eigenvalue weighted by Crippen LogP contribution is -2.12. The summed E-state index contributed by atoms with van der Waals surface area (Å²) in [4.78, 5) is 4.04. The molecule has 0 saturated heterocycles. The summed E-state index contributed by atoms with van der Waals surface area (Å²) in [6, 6.07) is 12.1. The van der Waals surface area contributed by atoms with E-state index in [0.29, 0.717) is 15.7 Å². The highest BCUT2D eigenvalue weighted by Crippen LogP contribution is 2.27. The predicted molar refractivity (Wildman–Crippen MR) is 94.1 cm³/mol. The second-order valence-electron chi connectivity index (χ2n) is 4.73. The summed E-state index contributed by atoms with van der Waals surface area (Å²) in [5.74, 6) is -0.184. The SMILES string of the molecule is O=S(=O)(Nc1ccc(Nc2cccc(F)c2)cn1)c1ccc(Cl)s1. The second-order valence-corrected chi connectivity index (χ2v) is 8.36. The zero-order valence-electron chi connectivity index (χ0n) is 12.0. The smallest absolute Gasteiger partial charge is 0.272 e. The lowest BCUT2D eigenvalue weighted by molar-refractivity contribution is 0.603. The van der Waals surface area contributed by atoms with Crippen LogP contribution in [0.3, 0.4) is 0 Å². The van der Waals surface area contributed by atoms with Gasteiger partial charge in [-0.15, -0.1) is 11.3 Å². The van der Waals surface area contributed by atoms with E-state index < -0.39 is 10.0 Å². The van der Waals surface area contributed by atoms with Gasteiger partial charge < -0.3 is 5.32 Å². The number of hydrogen-bond acceptors (Lipinski definition) is 5. The highest BCUT2D eigenvalue weighted by Gasteiger charge is 2.17. The van der Waals surface area contributed by atoms with Gasteiger partial charge in [-0.1, -0.05) is 17.7 Å². The van der Waals surface area contributed by atoms with Crippen molar-refractivity contribution in [2.45, 2.75) is 4.21 Å². The molecule has 0 amide bonds. The molecule has 9 heteroatoms. The first-order valence-electron chi connectivity index (χ1n) is 6.69. The number of sulfonamides is 1. The fourth-order valence-electron chi connectivity index (χ4n) is 1.89. The summed E-state index contributed by atoms with van der Waals surface area (Å²) in [7, 11) is -3.72. The van der Waals surface area contributed by atoms with E-state index in [-0.39, 0.29) is 15.8 Å². The molecular formula is C15H11ClFN3O2S2. The van der Waals surface area contributed by atoms with Crippen molar-refractivity contribution in [3.8, 4) is 0 Å². The molecule has 1 aromatic carbocycles. The van der Waals surface area contributed by atoms with E-state index in [1.807, 2.05) is 0 Å². The molecule has 0 radical (unpaired) electrons. The van der Waals surface area contributed by atoms with Crippen LogP contribution in [-0.2, 0) is 10.0 Å². The van der Waals surface area contributed by atoms with E-state index in [1.165, 1.54) is 36.5 Å². The molecule has 0 aliphatic carbocycles. The molecule has 0 saturated carbocycles. The van der Waals surface area contributed by atoms with Crippen LogP contribution in [0.5, 0.6) is 0 Å². The van der Waals surface area contributed by atoms with Gasteiger partial charge in [0.2, 0.25) is 0 Å². The van der Waals surface area contributed by atoms with Gasteiger partial charge in [-0.25, -0.2) is 17.8 Å². The van der Waals surface area contributed by atoms with Crippen molar-refractivity contribution in [1.82, 2.24) is 4.98 Å². The lowest BCUT2D eigenvalue weighted by Gasteiger charge is -2.08. The highest BCUT2D eigenvalue weighted by atomic mass is 35.5. The second kappa shape index (κ2) is 6.76. The molecule has 0 aliphatic heterocycles. The van der Waals surface area contributed by atoms with Gasteiger partial charge >= 0.3 is 0 Å². The maximum atomic E-state index is 13.1. The van der Waals surface area contributed by atoms with Crippen LogP contribution < -0.4 is 10.0 Å². The van der Waals surface area contributed by atoms with Crippen molar-refractivity contribution in [2.24, 2.45) is 0 Å². The Bertz CT molecular complexity index is 959. The van der Waals surface area contributed by atoms with Crippen molar-refractivity contribution in [3.05, 3.63) is 64.9 Å². The number of benzene rings is 1. The van der Waals surface area contributed by atoms with Crippen molar-refractivity contribution >= 4 is 50.2 Å². The largest absolute Gasteiger partial charge is 0.354 e. The summed E-state index contributed by atoms with van der Waals surface area (Å²) < 4.78 is 40.4. The molecule has 0 bridgehead atoms. The first-order valence-corrected chi connectivity index (χ1v) is 9.37. The molecule has 5 nitrogen and oxygen atoms in total.